The number of hydrogen-bond donors (Lipinski definition) is 6. The van der Waals surface area contributed by atoms with Gasteiger partial charge < -0.3 is 41.4 Å². The van der Waals surface area contributed by atoms with Crippen LogP contribution in [0.4, 0.5) is 11.6 Å². The van der Waals surface area contributed by atoms with Crippen LogP contribution in [0.25, 0.3) is 0 Å². The van der Waals surface area contributed by atoms with Crippen molar-refractivity contribution in [3.05, 3.63) is 45.5 Å². The van der Waals surface area contributed by atoms with Crippen LogP contribution in [-0.4, -0.2) is 77.2 Å². The maximum atomic E-state index is 11.6. The van der Waals surface area contributed by atoms with E-state index in [1.54, 1.807) is 0 Å². The quantitative estimate of drug-likeness (QED) is 0.223. The lowest BCUT2D eigenvalue weighted by Gasteiger charge is -2.16. The van der Waals surface area contributed by atoms with E-state index in [4.69, 9.17) is 41.7 Å². The molecule has 0 bridgehead atoms. The smallest absolute Gasteiger partial charge is 0.351 e. The van der Waals surface area contributed by atoms with Crippen LogP contribution in [-0.2, 0) is 9.47 Å². The van der Waals surface area contributed by atoms with E-state index < -0.39 is 73.3 Å². The maximum Gasteiger partial charge on any atom is 0.351 e. The molecule has 0 spiro atoms. The minimum Gasteiger partial charge on any atom is -0.394 e. The molecule has 4 heterocycles. The van der Waals surface area contributed by atoms with Gasteiger partial charge in [-0.1, -0.05) is 0 Å². The minimum absolute atomic E-state index is 0. The van der Waals surface area contributed by atoms with Crippen LogP contribution in [0.2, 0.25) is 0 Å². The number of rotatable bonds is 4. The molecule has 17 heteroatoms. The van der Waals surface area contributed by atoms with Crippen molar-refractivity contribution in [1.82, 2.24) is 19.1 Å². The van der Waals surface area contributed by atoms with Gasteiger partial charge in [-0.2, -0.15) is 20.5 Å². The van der Waals surface area contributed by atoms with Crippen LogP contribution in [0.3, 0.4) is 0 Å². The SMILES string of the molecule is Cl.N#C[C@H]1[C@H](O)[C@@H](CO)O[C@H]1n1ccc(N)nc1=O.N#C[C@H]1[C@H](O)[C@@H](CO)O[C@H]1n1ccc(N)nc1=O. The number of nitrogen functional groups attached to an aromatic ring is 2. The highest BCUT2D eigenvalue weighted by molar-refractivity contribution is 5.85. The minimum atomic E-state index is -1.16. The topological polar surface area (TPSA) is 269 Å². The predicted octanol–water partition coefficient (Wildman–Crippen LogP) is -3.15. The van der Waals surface area contributed by atoms with Crippen molar-refractivity contribution >= 4 is 24.0 Å². The van der Waals surface area contributed by atoms with Gasteiger partial charge in [0.15, 0.2) is 12.5 Å². The second-order valence-corrected chi connectivity index (χ2v) is 7.87. The molecule has 0 aromatic carbocycles. The largest absolute Gasteiger partial charge is 0.394 e. The molecular formula is C20H25ClN8O8. The molecule has 0 amide bonds. The third kappa shape index (κ3) is 6.04. The summed E-state index contributed by atoms with van der Waals surface area (Å²) in [5.74, 6) is -1.79. The van der Waals surface area contributed by atoms with Gasteiger partial charge in [-0.3, -0.25) is 9.13 Å². The van der Waals surface area contributed by atoms with Crippen molar-refractivity contribution in [2.75, 3.05) is 24.7 Å². The first-order valence-electron chi connectivity index (χ1n) is 10.5. The van der Waals surface area contributed by atoms with Gasteiger partial charge in [-0.05, 0) is 12.1 Å². The zero-order valence-electron chi connectivity index (χ0n) is 19.0. The van der Waals surface area contributed by atoms with Gasteiger partial charge in [0, 0.05) is 12.4 Å². The van der Waals surface area contributed by atoms with Gasteiger partial charge in [0.2, 0.25) is 0 Å². The van der Waals surface area contributed by atoms with E-state index in [0.29, 0.717) is 0 Å². The molecule has 2 aromatic heterocycles. The molecule has 16 nitrogen and oxygen atoms in total. The number of hydrogen-bond acceptors (Lipinski definition) is 14. The summed E-state index contributed by atoms with van der Waals surface area (Å²) in [6, 6.07) is 6.50. The third-order valence-electron chi connectivity index (χ3n) is 5.65. The summed E-state index contributed by atoms with van der Waals surface area (Å²) in [6.45, 7) is -0.875. The van der Waals surface area contributed by atoms with E-state index >= 15 is 0 Å². The van der Waals surface area contributed by atoms with Crippen LogP contribution in [0.1, 0.15) is 12.5 Å². The zero-order valence-corrected chi connectivity index (χ0v) is 19.8. The van der Waals surface area contributed by atoms with Crippen molar-refractivity contribution in [1.29, 1.82) is 10.5 Å². The molecule has 2 aliphatic heterocycles. The molecule has 0 saturated carbocycles. The van der Waals surface area contributed by atoms with Crippen molar-refractivity contribution in [2.45, 2.75) is 36.9 Å². The summed E-state index contributed by atoms with van der Waals surface area (Å²) in [5.41, 5.74) is 9.36. The normalized spacial score (nSPS) is 30.3. The lowest BCUT2D eigenvalue weighted by Crippen LogP contribution is -2.31. The molecule has 0 radical (unpaired) electrons. The Morgan fingerprint density at radius 1 is 0.838 bits per heavy atom. The van der Waals surface area contributed by atoms with Gasteiger partial charge >= 0.3 is 11.4 Å². The Balaban J connectivity index is 0.000000253. The summed E-state index contributed by atoms with van der Waals surface area (Å²) < 4.78 is 12.7. The summed E-state index contributed by atoms with van der Waals surface area (Å²) in [5, 5.41) is 55.5. The number of nitrogens with two attached hydrogens (primary N) is 2. The molecule has 2 aliphatic rings. The molecule has 2 saturated heterocycles. The van der Waals surface area contributed by atoms with Gasteiger partial charge in [0.1, 0.15) is 47.9 Å². The maximum absolute atomic E-state index is 11.6. The van der Waals surface area contributed by atoms with E-state index in [1.807, 2.05) is 12.1 Å². The monoisotopic (exact) mass is 540 g/mol. The van der Waals surface area contributed by atoms with Crippen molar-refractivity contribution in [3.8, 4) is 12.1 Å². The van der Waals surface area contributed by atoms with E-state index in [0.717, 1.165) is 9.13 Å². The Morgan fingerprint density at radius 2 is 1.19 bits per heavy atom. The highest BCUT2D eigenvalue weighted by Gasteiger charge is 2.46. The average Bonchev–Trinajstić information content (AvgIpc) is 3.34. The summed E-state index contributed by atoms with van der Waals surface area (Å²) in [6.07, 6.45) is -3.40. The first-order chi connectivity index (χ1) is 17.2. The molecule has 200 valence electrons. The van der Waals surface area contributed by atoms with Crippen LogP contribution in [0, 0.1) is 34.5 Å². The van der Waals surface area contributed by atoms with Crippen LogP contribution in [0.15, 0.2) is 34.1 Å². The van der Waals surface area contributed by atoms with E-state index in [-0.39, 0.29) is 24.0 Å². The fourth-order valence-electron chi connectivity index (χ4n) is 3.79. The van der Waals surface area contributed by atoms with Gasteiger partial charge in [0.25, 0.3) is 0 Å². The second kappa shape index (κ2) is 12.6. The average molecular weight is 541 g/mol. The number of halogens is 1. The molecule has 37 heavy (non-hydrogen) atoms. The number of nitrogens with zero attached hydrogens (tertiary/aromatic N) is 6. The van der Waals surface area contributed by atoms with E-state index in [1.165, 1.54) is 24.5 Å². The summed E-state index contributed by atoms with van der Waals surface area (Å²) in [7, 11) is 0. The lowest BCUT2D eigenvalue weighted by molar-refractivity contribution is -0.0469. The van der Waals surface area contributed by atoms with Gasteiger partial charge in [-0.15, -0.1) is 12.4 Å². The van der Waals surface area contributed by atoms with Crippen LogP contribution in [0.5, 0.6) is 0 Å². The third-order valence-corrected chi connectivity index (χ3v) is 5.65. The number of anilines is 2. The Hall–Kier alpha value is -3.61. The highest BCUT2D eigenvalue weighted by Crippen LogP contribution is 2.34. The Bertz CT molecular complexity index is 1180. The van der Waals surface area contributed by atoms with Crippen molar-refractivity contribution < 1.29 is 29.9 Å². The number of aliphatic hydroxyl groups is 4. The molecule has 0 unspecified atom stereocenters. The first-order valence-corrected chi connectivity index (χ1v) is 10.5. The molecule has 0 aliphatic carbocycles. The summed E-state index contributed by atoms with van der Waals surface area (Å²) in [4.78, 5) is 30.3. The fourth-order valence-corrected chi connectivity index (χ4v) is 3.79. The number of aliphatic hydroxyl groups excluding tert-OH is 4. The molecule has 4 rings (SSSR count). The van der Waals surface area contributed by atoms with E-state index in [9.17, 15) is 19.8 Å². The zero-order chi connectivity index (χ0) is 26.6. The first kappa shape index (κ1) is 29.6. The number of aromatic nitrogens is 4. The van der Waals surface area contributed by atoms with Crippen molar-refractivity contribution in [3.63, 3.8) is 0 Å². The Morgan fingerprint density at radius 3 is 1.46 bits per heavy atom. The highest BCUT2D eigenvalue weighted by atomic mass is 35.5. The molecule has 8 atom stereocenters. The Kier molecular flexibility index (Phi) is 10.1. The van der Waals surface area contributed by atoms with Gasteiger partial charge in [-0.25, -0.2) is 9.59 Å². The molecule has 8 N–H and O–H groups in total. The van der Waals surface area contributed by atoms with E-state index in [2.05, 4.69) is 9.97 Å². The van der Waals surface area contributed by atoms with Crippen LogP contribution < -0.4 is 22.8 Å². The van der Waals surface area contributed by atoms with Crippen molar-refractivity contribution in [2.24, 2.45) is 11.8 Å². The molecule has 2 aromatic rings. The van der Waals surface area contributed by atoms with Crippen LogP contribution >= 0.6 is 12.4 Å². The Labute approximate surface area is 215 Å². The fraction of sp³-hybridized carbons (Fsp3) is 0.500. The second-order valence-electron chi connectivity index (χ2n) is 7.87. The number of ether oxygens (including phenoxy) is 2. The predicted molar refractivity (Wildman–Crippen MR) is 125 cm³/mol. The standard InChI is InChI=1S/2C10H12N4O4.ClH/c2*11-3-5-8(16)6(4-15)18-9(5)14-2-1-7(12)13-10(14)17;/h2*1-2,5-6,8-9,15-16H,4H2,(H2,12,13,17);1H/t2*5-,6+,8-,9+;/m00./s1. The summed E-state index contributed by atoms with van der Waals surface area (Å²) >= 11 is 0. The molecular weight excluding hydrogens is 516 g/mol. The molecule has 2 fully saturated rings. The van der Waals surface area contributed by atoms with Gasteiger partial charge in [0.05, 0.1) is 25.4 Å². The number of nitriles is 2. The lowest BCUT2D eigenvalue weighted by atomic mass is 10.0.